The fraction of sp³-hybridized carbons (Fsp3) is 0.167. The third-order valence-corrected chi connectivity index (χ3v) is 5.68. The molecule has 0 bridgehead atoms. The first-order valence-electron chi connectivity index (χ1n) is 10.0. The molecule has 4 rings (SSSR count). The van der Waals surface area contributed by atoms with Crippen molar-refractivity contribution < 1.29 is 19.4 Å². The van der Waals surface area contributed by atoms with Gasteiger partial charge < -0.3 is 19.1 Å². The molecule has 0 spiro atoms. The van der Waals surface area contributed by atoms with Crippen molar-refractivity contribution in [1.82, 2.24) is 9.55 Å². The number of ether oxygens (including phenoxy) is 2. The van der Waals surface area contributed by atoms with Gasteiger partial charge in [-0.3, -0.25) is 4.98 Å². The van der Waals surface area contributed by atoms with Crippen LogP contribution in [0.15, 0.2) is 60.8 Å². The van der Waals surface area contributed by atoms with Crippen LogP contribution in [0.3, 0.4) is 0 Å². The molecule has 2 aromatic carbocycles. The molecule has 4 aromatic rings. The summed E-state index contributed by atoms with van der Waals surface area (Å²) in [4.78, 5) is 16.5. The monoisotopic (exact) mass is 470 g/mol. The summed E-state index contributed by atoms with van der Waals surface area (Å²) in [5.74, 6) is 0.268. The Morgan fingerprint density at radius 2 is 1.84 bits per heavy atom. The van der Waals surface area contributed by atoms with Gasteiger partial charge in [-0.15, -0.1) is 0 Å². The largest absolute Gasteiger partial charge is 0.494 e. The van der Waals surface area contributed by atoms with Gasteiger partial charge in [0.25, 0.3) is 0 Å². The Labute approximate surface area is 194 Å². The maximum Gasteiger partial charge on any atom is 0.352 e. The molecule has 32 heavy (non-hydrogen) atoms. The number of carboxylic acid groups (broad SMARTS) is 1. The van der Waals surface area contributed by atoms with E-state index in [1.54, 1.807) is 41.1 Å². The lowest BCUT2D eigenvalue weighted by Crippen LogP contribution is -2.13. The van der Waals surface area contributed by atoms with Crippen molar-refractivity contribution in [1.29, 1.82) is 0 Å². The maximum atomic E-state index is 12.0. The third-order valence-electron chi connectivity index (χ3n) is 4.94. The van der Waals surface area contributed by atoms with E-state index in [0.29, 0.717) is 34.6 Å². The minimum absolute atomic E-state index is 0.160. The lowest BCUT2D eigenvalue weighted by molar-refractivity contribution is 0.0684. The van der Waals surface area contributed by atoms with Gasteiger partial charge in [-0.25, -0.2) is 4.79 Å². The number of carboxylic acids is 1. The topological polar surface area (TPSA) is 73.6 Å². The van der Waals surface area contributed by atoms with Gasteiger partial charge in [0.1, 0.15) is 23.8 Å². The first-order valence-corrected chi connectivity index (χ1v) is 10.8. The van der Waals surface area contributed by atoms with Gasteiger partial charge in [-0.1, -0.05) is 35.3 Å². The van der Waals surface area contributed by atoms with Crippen LogP contribution in [-0.2, 0) is 6.54 Å². The van der Waals surface area contributed by atoms with E-state index in [4.69, 9.17) is 32.7 Å². The first-order chi connectivity index (χ1) is 15.5. The van der Waals surface area contributed by atoms with Crippen LogP contribution in [0, 0.1) is 0 Å². The van der Waals surface area contributed by atoms with Crippen molar-refractivity contribution in [2.75, 3.05) is 13.2 Å². The molecule has 0 unspecified atom stereocenters. The van der Waals surface area contributed by atoms with E-state index in [-0.39, 0.29) is 12.3 Å². The number of halogens is 2. The van der Waals surface area contributed by atoms with Crippen molar-refractivity contribution in [2.45, 2.75) is 13.5 Å². The Morgan fingerprint density at radius 1 is 1.03 bits per heavy atom. The maximum absolute atomic E-state index is 12.0. The van der Waals surface area contributed by atoms with Crippen LogP contribution >= 0.6 is 23.2 Å². The molecule has 0 aliphatic rings. The highest BCUT2D eigenvalue weighted by Gasteiger charge is 2.18. The second kappa shape index (κ2) is 9.51. The second-order valence-electron chi connectivity index (χ2n) is 6.96. The molecule has 1 N–H and O–H groups in total. The predicted octanol–water partition coefficient (Wildman–Crippen LogP) is 6.19. The Kier molecular flexibility index (Phi) is 6.53. The Bertz CT molecular complexity index is 1290. The molecule has 2 aromatic heterocycles. The van der Waals surface area contributed by atoms with Gasteiger partial charge in [0.15, 0.2) is 0 Å². The van der Waals surface area contributed by atoms with Crippen LogP contribution in [0.5, 0.6) is 11.5 Å². The van der Waals surface area contributed by atoms with Crippen molar-refractivity contribution in [3.63, 3.8) is 0 Å². The summed E-state index contributed by atoms with van der Waals surface area (Å²) in [6.07, 6.45) is 1.67. The van der Waals surface area contributed by atoms with Crippen LogP contribution in [0.1, 0.15) is 17.4 Å². The second-order valence-corrected chi connectivity index (χ2v) is 7.78. The molecule has 6 nitrogen and oxygen atoms in total. The molecule has 0 radical (unpaired) electrons. The number of rotatable bonds is 8. The number of aromatic carboxylic acids is 1. The molecular formula is C24H20Cl2N2O4. The van der Waals surface area contributed by atoms with Crippen LogP contribution in [0.2, 0.25) is 10.0 Å². The van der Waals surface area contributed by atoms with E-state index in [2.05, 4.69) is 4.98 Å². The number of benzene rings is 2. The SMILES string of the molecule is CCOc1cccc(-c2nccc3c2cc(C(=O)O)n3CCOc2ccc(Cl)c(Cl)c2)c1. The summed E-state index contributed by atoms with van der Waals surface area (Å²) < 4.78 is 13.1. The molecular weight excluding hydrogens is 451 g/mol. The molecule has 2 heterocycles. The Balaban J connectivity index is 1.67. The zero-order valence-electron chi connectivity index (χ0n) is 17.2. The summed E-state index contributed by atoms with van der Waals surface area (Å²) >= 11 is 12.0. The van der Waals surface area contributed by atoms with E-state index in [9.17, 15) is 9.90 Å². The van der Waals surface area contributed by atoms with Gasteiger partial charge in [0.05, 0.1) is 34.4 Å². The number of fused-ring (bicyclic) bond motifs is 1. The van der Waals surface area contributed by atoms with Gasteiger partial charge in [-0.05, 0) is 43.3 Å². The van der Waals surface area contributed by atoms with Crippen molar-refractivity contribution >= 4 is 40.1 Å². The number of pyridine rings is 1. The van der Waals surface area contributed by atoms with Crippen LogP contribution in [0.25, 0.3) is 22.2 Å². The van der Waals surface area contributed by atoms with Crippen LogP contribution < -0.4 is 9.47 Å². The molecule has 164 valence electrons. The van der Waals surface area contributed by atoms with E-state index in [1.807, 2.05) is 31.2 Å². The zero-order chi connectivity index (χ0) is 22.7. The summed E-state index contributed by atoms with van der Waals surface area (Å²) in [6, 6.07) is 16.0. The van der Waals surface area contributed by atoms with E-state index in [1.165, 1.54) is 0 Å². The smallest absolute Gasteiger partial charge is 0.352 e. The number of nitrogens with zero attached hydrogens (tertiary/aromatic N) is 2. The third kappa shape index (κ3) is 4.52. The van der Waals surface area contributed by atoms with Crippen LogP contribution in [-0.4, -0.2) is 33.8 Å². The number of hydrogen-bond acceptors (Lipinski definition) is 4. The molecule has 8 heteroatoms. The number of hydrogen-bond donors (Lipinski definition) is 1. The van der Waals surface area contributed by atoms with E-state index in [0.717, 1.165) is 22.2 Å². The lowest BCUT2D eigenvalue weighted by atomic mass is 10.1. The lowest BCUT2D eigenvalue weighted by Gasteiger charge is -2.11. The van der Waals surface area contributed by atoms with Crippen molar-refractivity contribution in [3.05, 3.63) is 76.5 Å². The van der Waals surface area contributed by atoms with Gasteiger partial charge in [0, 0.05) is 23.2 Å². The zero-order valence-corrected chi connectivity index (χ0v) is 18.7. The summed E-state index contributed by atoms with van der Waals surface area (Å²) in [5, 5.41) is 11.4. The fourth-order valence-corrected chi connectivity index (χ4v) is 3.84. The van der Waals surface area contributed by atoms with E-state index < -0.39 is 5.97 Å². The normalized spacial score (nSPS) is 11.0. The fourth-order valence-electron chi connectivity index (χ4n) is 3.55. The van der Waals surface area contributed by atoms with Crippen LogP contribution in [0.4, 0.5) is 0 Å². The predicted molar refractivity (Wildman–Crippen MR) is 125 cm³/mol. The molecule has 0 atom stereocenters. The minimum atomic E-state index is -1.02. The summed E-state index contributed by atoms with van der Waals surface area (Å²) in [6.45, 7) is 3.05. The summed E-state index contributed by atoms with van der Waals surface area (Å²) in [7, 11) is 0. The molecule has 0 fully saturated rings. The first kappa shape index (κ1) is 22.0. The highest BCUT2D eigenvalue weighted by molar-refractivity contribution is 6.42. The molecule has 0 aliphatic carbocycles. The highest BCUT2D eigenvalue weighted by Crippen LogP contribution is 2.31. The molecule has 0 aliphatic heterocycles. The number of carbonyl (C=O) groups is 1. The number of aromatic nitrogens is 2. The standard InChI is InChI=1S/C24H20Cl2N2O4/c1-2-31-16-5-3-4-15(12-16)23-18-14-22(24(29)30)28(21(18)8-9-27-23)10-11-32-17-6-7-19(25)20(26)13-17/h3-9,12-14H,2,10-11H2,1H3,(H,29,30). The quantitative estimate of drug-likeness (QED) is 0.332. The molecule has 0 saturated carbocycles. The Hall–Kier alpha value is -3.22. The Morgan fingerprint density at radius 3 is 2.59 bits per heavy atom. The van der Waals surface area contributed by atoms with Crippen molar-refractivity contribution in [2.24, 2.45) is 0 Å². The van der Waals surface area contributed by atoms with Crippen molar-refractivity contribution in [3.8, 4) is 22.8 Å². The molecule has 0 amide bonds. The van der Waals surface area contributed by atoms with Gasteiger partial charge in [0.2, 0.25) is 0 Å². The summed E-state index contributed by atoms with van der Waals surface area (Å²) in [5.41, 5.74) is 2.46. The van der Waals surface area contributed by atoms with E-state index >= 15 is 0 Å². The minimum Gasteiger partial charge on any atom is -0.494 e. The molecule has 0 saturated heterocycles. The van der Waals surface area contributed by atoms with Gasteiger partial charge in [-0.2, -0.15) is 0 Å². The average molecular weight is 471 g/mol. The highest BCUT2D eigenvalue weighted by atomic mass is 35.5. The average Bonchev–Trinajstić information content (AvgIpc) is 3.16. The van der Waals surface area contributed by atoms with Gasteiger partial charge >= 0.3 is 5.97 Å².